The summed E-state index contributed by atoms with van der Waals surface area (Å²) in [7, 11) is -4.19. The number of rotatable bonds is 6. The maximum Gasteiger partial charge on any atom is 0.350 e. The summed E-state index contributed by atoms with van der Waals surface area (Å²) in [6.07, 6.45) is 2.50. The molecule has 2 rings (SSSR count). The maximum absolute atomic E-state index is 11.9. The average molecular weight is 318 g/mol. The van der Waals surface area contributed by atoms with Gasteiger partial charge in [0.15, 0.2) is 0 Å². The van der Waals surface area contributed by atoms with Crippen LogP contribution in [0.15, 0.2) is 15.8 Å². The molecule has 1 fully saturated rings. The van der Waals surface area contributed by atoms with Gasteiger partial charge >= 0.3 is 13.3 Å². The highest BCUT2D eigenvalue weighted by molar-refractivity contribution is 7.51. The molecule has 0 amide bonds. The molecule has 1 unspecified atom stereocenters. The Morgan fingerprint density at radius 2 is 2.10 bits per heavy atom. The van der Waals surface area contributed by atoms with Gasteiger partial charge in [0.05, 0.1) is 6.61 Å². The van der Waals surface area contributed by atoms with Crippen LogP contribution < -0.4 is 11.2 Å². The number of nitrogens with one attached hydrogen (secondary N) is 1. The van der Waals surface area contributed by atoms with E-state index < -0.39 is 25.2 Å². The Morgan fingerprint density at radius 3 is 2.62 bits per heavy atom. The molecule has 8 nitrogen and oxygen atoms in total. The van der Waals surface area contributed by atoms with Crippen molar-refractivity contribution in [3.8, 4) is 0 Å². The standard InChI is InChI=1S/C12H19N2O6P/c1-8-5-14(11(16)13-10(8)15)9(2)12(3-4-12)6-20-7-21(17,18)19/h5,9H,3-4,6-7H2,1-2H3,(H,13,15,16)(H2,17,18,19). The summed E-state index contributed by atoms with van der Waals surface area (Å²) in [5, 5.41) is 0. The minimum absolute atomic E-state index is 0.171. The van der Waals surface area contributed by atoms with Crippen molar-refractivity contribution in [2.75, 3.05) is 13.0 Å². The fourth-order valence-electron chi connectivity index (χ4n) is 2.38. The summed E-state index contributed by atoms with van der Waals surface area (Å²) in [4.78, 5) is 43.1. The molecule has 1 saturated carbocycles. The Morgan fingerprint density at radius 1 is 1.48 bits per heavy atom. The highest BCUT2D eigenvalue weighted by Crippen LogP contribution is 2.54. The summed E-state index contributed by atoms with van der Waals surface area (Å²) in [6.45, 7) is 3.63. The van der Waals surface area contributed by atoms with Gasteiger partial charge < -0.3 is 14.5 Å². The van der Waals surface area contributed by atoms with Gasteiger partial charge in [-0.25, -0.2) is 4.79 Å². The van der Waals surface area contributed by atoms with Crippen molar-refractivity contribution in [1.29, 1.82) is 0 Å². The first-order valence-corrected chi connectivity index (χ1v) is 8.39. The molecule has 1 aromatic heterocycles. The first-order valence-electron chi connectivity index (χ1n) is 6.59. The van der Waals surface area contributed by atoms with E-state index in [4.69, 9.17) is 14.5 Å². The number of aromatic amines is 1. The maximum atomic E-state index is 11.9. The average Bonchev–Trinajstić information content (AvgIpc) is 3.12. The summed E-state index contributed by atoms with van der Waals surface area (Å²) in [5.74, 6) is 0. The third-order valence-electron chi connectivity index (χ3n) is 3.99. The van der Waals surface area contributed by atoms with E-state index in [1.807, 2.05) is 6.92 Å². The minimum Gasteiger partial charge on any atom is -0.368 e. The van der Waals surface area contributed by atoms with Crippen LogP contribution in [0.4, 0.5) is 0 Å². The molecule has 0 aliphatic heterocycles. The molecule has 0 spiro atoms. The van der Waals surface area contributed by atoms with E-state index in [-0.39, 0.29) is 18.1 Å². The van der Waals surface area contributed by atoms with Crippen LogP contribution in [0, 0.1) is 12.3 Å². The highest BCUT2D eigenvalue weighted by Gasteiger charge is 2.49. The topological polar surface area (TPSA) is 122 Å². The molecule has 1 aliphatic rings. The van der Waals surface area contributed by atoms with Crippen LogP contribution >= 0.6 is 7.60 Å². The molecule has 3 N–H and O–H groups in total. The number of hydrogen-bond acceptors (Lipinski definition) is 4. The van der Waals surface area contributed by atoms with E-state index in [2.05, 4.69) is 4.98 Å². The van der Waals surface area contributed by atoms with Crippen molar-refractivity contribution >= 4 is 7.60 Å². The van der Waals surface area contributed by atoms with Crippen LogP contribution in [0.3, 0.4) is 0 Å². The number of nitrogens with zero attached hydrogens (tertiary/aromatic N) is 1. The van der Waals surface area contributed by atoms with Crippen molar-refractivity contribution < 1.29 is 19.1 Å². The lowest BCUT2D eigenvalue weighted by Crippen LogP contribution is -2.36. The van der Waals surface area contributed by atoms with E-state index in [0.717, 1.165) is 12.8 Å². The van der Waals surface area contributed by atoms with E-state index in [9.17, 15) is 14.2 Å². The summed E-state index contributed by atoms with van der Waals surface area (Å²) >= 11 is 0. The van der Waals surface area contributed by atoms with Crippen molar-refractivity contribution in [2.24, 2.45) is 5.41 Å². The highest BCUT2D eigenvalue weighted by atomic mass is 31.2. The molecule has 21 heavy (non-hydrogen) atoms. The fourth-order valence-corrected chi connectivity index (χ4v) is 2.71. The van der Waals surface area contributed by atoms with E-state index >= 15 is 0 Å². The van der Waals surface area contributed by atoms with E-state index in [1.165, 1.54) is 10.8 Å². The van der Waals surface area contributed by atoms with Gasteiger partial charge in [0.1, 0.15) is 6.35 Å². The first kappa shape index (κ1) is 16.2. The molecule has 1 aliphatic carbocycles. The Balaban J connectivity index is 2.14. The van der Waals surface area contributed by atoms with Crippen molar-refractivity contribution in [3.63, 3.8) is 0 Å². The van der Waals surface area contributed by atoms with Crippen LogP contribution in [0.1, 0.15) is 31.4 Å². The summed E-state index contributed by atoms with van der Waals surface area (Å²) < 4.78 is 17.3. The summed E-state index contributed by atoms with van der Waals surface area (Å²) in [5.41, 5.74) is -0.775. The van der Waals surface area contributed by atoms with Crippen LogP contribution in [0.25, 0.3) is 0 Å². The molecular formula is C12H19N2O6P. The second-order valence-corrected chi connectivity index (χ2v) is 7.25. The first-order chi connectivity index (χ1) is 9.65. The SMILES string of the molecule is Cc1cn(C(C)C2(COCP(=O)(O)O)CC2)c(=O)[nH]c1=O. The van der Waals surface area contributed by atoms with Gasteiger partial charge in [0.2, 0.25) is 0 Å². The smallest absolute Gasteiger partial charge is 0.350 e. The van der Waals surface area contributed by atoms with Gasteiger partial charge in [-0.15, -0.1) is 0 Å². The molecule has 1 heterocycles. The molecule has 1 atom stereocenters. The normalized spacial score (nSPS) is 18.5. The second kappa shape index (κ2) is 5.53. The zero-order chi connectivity index (χ0) is 15.8. The molecule has 118 valence electrons. The van der Waals surface area contributed by atoms with Gasteiger partial charge in [-0.1, -0.05) is 0 Å². The minimum atomic E-state index is -4.19. The van der Waals surface area contributed by atoms with Crippen LogP contribution in [0.2, 0.25) is 0 Å². The van der Waals surface area contributed by atoms with Crippen molar-refractivity contribution in [1.82, 2.24) is 9.55 Å². The summed E-state index contributed by atoms with van der Waals surface area (Å²) in [6, 6.07) is -0.225. The monoisotopic (exact) mass is 318 g/mol. The number of aromatic nitrogens is 2. The molecule has 9 heteroatoms. The number of aryl methyl sites for hydroxylation is 1. The fraction of sp³-hybridized carbons (Fsp3) is 0.667. The Bertz CT molecular complexity index is 684. The number of hydrogen-bond donors (Lipinski definition) is 3. The predicted octanol–water partition coefficient (Wildman–Crippen LogP) is 0.338. The van der Waals surface area contributed by atoms with Gasteiger partial charge in [-0.05, 0) is 26.7 Å². The zero-order valence-electron chi connectivity index (χ0n) is 11.9. The lowest BCUT2D eigenvalue weighted by Gasteiger charge is -2.25. The van der Waals surface area contributed by atoms with Gasteiger partial charge in [-0.2, -0.15) is 0 Å². The second-order valence-electron chi connectivity index (χ2n) is 5.66. The molecule has 0 radical (unpaired) electrons. The molecule has 0 aromatic carbocycles. The van der Waals surface area contributed by atoms with Gasteiger partial charge in [0, 0.05) is 23.2 Å². The third kappa shape index (κ3) is 3.71. The van der Waals surface area contributed by atoms with Crippen LogP contribution in [0.5, 0.6) is 0 Å². The van der Waals surface area contributed by atoms with E-state index in [1.54, 1.807) is 6.92 Å². The van der Waals surface area contributed by atoms with E-state index in [0.29, 0.717) is 5.56 Å². The quantitative estimate of drug-likeness (QED) is 0.650. The molecule has 0 saturated heterocycles. The van der Waals surface area contributed by atoms with Crippen molar-refractivity contribution in [3.05, 3.63) is 32.6 Å². The predicted molar refractivity (Wildman–Crippen MR) is 75.3 cm³/mol. The van der Waals surface area contributed by atoms with Crippen molar-refractivity contribution in [2.45, 2.75) is 32.7 Å². The van der Waals surface area contributed by atoms with Gasteiger partial charge in [0.25, 0.3) is 5.56 Å². The number of ether oxygens (including phenoxy) is 1. The van der Waals surface area contributed by atoms with Crippen LogP contribution in [-0.4, -0.2) is 32.3 Å². The molecule has 1 aromatic rings. The molecular weight excluding hydrogens is 299 g/mol. The van der Waals surface area contributed by atoms with Gasteiger partial charge in [-0.3, -0.25) is 18.9 Å². The zero-order valence-corrected chi connectivity index (χ0v) is 12.8. The lowest BCUT2D eigenvalue weighted by atomic mass is 9.99. The van der Waals surface area contributed by atoms with Crippen LogP contribution in [-0.2, 0) is 9.30 Å². The Kier molecular flexibility index (Phi) is 4.26. The Labute approximate surface area is 120 Å². The molecule has 0 bridgehead atoms. The Hall–Kier alpha value is -1.21. The third-order valence-corrected chi connectivity index (χ3v) is 4.51. The lowest BCUT2D eigenvalue weighted by molar-refractivity contribution is 0.0875. The number of H-pyrrole nitrogens is 1. The largest absolute Gasteiger partial charge is 0.368 e.